The molecule has 2 rings (SSSR count). The second-order valence-electron chi connectivity index (χ2n) is 3.50. The molecule has 1 aromatic carbocycles. The largest absolute Gasteiger partial charge is 0.398 e. The highest BCUT2D eigenvalue weighted by Gasteiger charge is 2.07. The first-order valence-corrected chi connectivity index (χ1v) is 5.76. The zero-order valence-electron chi connectivity index (χ0n) is 8.90. The number of nitrogens with two attached hydrogens (primary N) is 1. The summed E-state index contributed by atoms with van der Waals surface area (Å²) >= 11 is 3.28. The Morgan fingerprint density at radius 2 is 2.35 bits per heavy atom. The van der Waals surface area contributed by atoms with Crippen molar-refractivity contribution in [2.24, 2.45) is 0 Å². The van der Waals surface area contributed by atoms with Crippen LogP contribution in [-0.2, 0) is 6.54 Å². The number of aromatic amines is 1. The first-order valence-electron chi connectivity index (χ1n) is 4.97. The van der Waals surface area contributed by atoms with Gasteiger partial charge in [0, 0.05) is 21.9 Å². The SMILES string of the molecule is Nc1ccc(C(=O)NCc2cnc[nH]2)cc1Br. The molecule has 5 nitrogen and oxygen atoms in total. The highest BCUT2D eigenvalue weighted by atomic mass is 79.9. The number of carbonyl (C=O) groups excluding carboxylic acids is 1. The molecule has 6 heteroatoms. The summed E-state index contributed by atoms with van der Waals surface area (Å²) in [5.74, 6) is -0.152. The molecule has 0 fully saturated rings. The Labute approximate surface area is 107 Å². The van der Waals surface area contributed by atoms with Crippen LogP contribution < -0.4 is 11.1 Å². The maximum absolute atomic E-state index is 11.8. The van der Waals surface area contributed by atoms with E-state index in [9.17, 15) is 4.79 Å². The molecule has 0 unspecified atom stereocenters. The molecule has 1 heterocycles. The van der Waals surface area contributed by atoms with Gasteiger partial charge in [-0.2, -0.15) is 0 Å². The number of benzene rings is 1. The Kier molecular flexibility index (Phi) is 3.43. The van der Waals surface area contributed by atoms with Crippen molar-refractivity contribution in [3.05, 3.63) is 46.5 Å². The molecule has 0 bridgehead atoms. The fraction of sp³-hybridized carbons (Fsp3) is 0.0909. The molecule has 17 heavy (non-hydrogen) atoms. The number of imidazole rings is 1. The third kappa shape index (κ3) is 2.85. The molecule has 0 saturated carbocycles. The lowest BCUT2D eigenvalue weighted by Gasteiger charge is -2.05. The Bertz CT molecular complexity index is 524. The van der Waals surface area contributed by atoms with E-state index in [-0.39, 0.29) is 5.91 Å². The molecule has 4 N–H and O–H groups in total. The van der Waals surface area contributed by atoms with Gasteiger partial charge in [-0.1, -0.05) is 0 Å². The van der Waals surface area contributed by atoms with Gasteiger partial charge in [0.15, 0.2) is 0 Å². The van der Waals surface area contributed by atoms with Gasteiger partial charge < -0.3 is 16.0 Å². The number of amides is 1. The summed E-state index contributed by atoms with van der Waals surface area (Å²) in [7, 11) is 0. The highest BCUT2D eigenvalue weighted by Crippen LogP contribution is 2.20. The summed E-state index contributed by atoms with van der Waals surface area (Å²) in [6, 6.07) is 5.06. The molecule has 88 valence electrons. The predicted octanol–water partition coefficient (Wildman–Crippen LogP) is 1.68. The molecular weight excluding hydrogens is 284 g/mol. The maximum Gasteiger partial charge on any atom is 0.251 e. The average molecular weight is 295 g/mol. The topological polar surface area (TPSA) is 83.8 Å². The number of halogens is 1. The third-order valence-corrected chi connectivity index (χ3v) is 2.94. The zero-order valence-corrected chi connectivity index (χ0v) is 10.5. The van der Waals surface area contributed by atoms with Gasteiger partial charge in [-0.25, -0.2) is 4.98 Å². The lowest BCUT2D eigenvalue weighted by Crippen LogP contribution is -2.22. The van der Waals surface area contributed by atoms with Gasteiger partial charge in [0.05, 0.1) is 18.6 Å². The molecule has 0 saturated heterocycles. The monoisotopic (exact) mass is 294 g/mol. The minimum Gasteiger partial charge on any atom is -0.398 e. The summed E-state index contributed by atoms with van der Waals surface area (Å²) < 4.78 is 0.715. The smallest absolute Gasteiger partial charge is 0.251 e. The molecular formula is C11H11BrN4O. The van der Waals surface area contributed by atoms with Gasteiger partial charge in [0.1, 0.15) is 0 Å². The Hall–Kier alpha value is -1.82. The van der Waals surface area contributed by atoms with Crippen LogP contribution in [0.3, 0.4) is 0 Å². The number of anilines is 1. The summed E-state index contributed by atoms with van der Waals surface area (Å²) in [4.78, 5) is 18.6. The van der Waals surface area contributed by atoms with Crippen LogP contribution in [0.4, 0.5) is 5.69 Å². The Balaban J connectivity index is 2.02. The molecule has 2 aromatic rings. The number of nitrogens with one attached hydrogen (secondary N) is 2. The van der Waals surface area contributed by atoms with Gasteiger partial charge in [-0.05, 0) is 34.1 Å². The van der Waals surface area contributed by atoms with E-state index in [2.05, 4.69) is 31.2 Å². The van der Waals surface area contributed by atoms with E-state index in [0.29, 0.717) is 22.3 Å². The van der Waals surface area contributed by atoms with Gasteiger partial charge in [0.2, 0.25) is 0 Å². The Morgan fingerprint density at radius 1 is 1.53 bits per heavy atom. The molecule has 0 aliphatic rings. The quantitative estimate of drug-likeness (QED) is 0.753. The predicted molar refractivity (Wildman–Crippen MR) is 68.3 cm³/mol. The minimum absolute atomic E-state index is 0.152. The lowest BCUT2D eigenvalue weighted by molar-refractivity contribution is 0.0950. The van der Waals surface area contributed by atoms with Gasteiger partial charge >= 0.3 is 0 Å². The van der Waals surface area contributed by atoms with Crippen molar-refractivity contribution in [1.82, 2.24) is 15.3 Å². The molecule has 0 atom stereocenters. The van der Waals surface area contributed by atoms with Crippen LogP contribution in [0.15, 0.2) is 35.2 Å². The van der Waals surface area contributed by atoms with Gasteiger partial charge in [0.25, 0.3) is 5.91 Å². The van der Waals surface area contributed by atoms with E-state index in [4.69, 9.17) is 5.73 Å². The Morgan fingerprint density at radius 3 is 3.00 bits per heavy atom. The van der Waals surface area contributed by atoms with Crippen LogP contribution in [0, 0.1) is 0 Å². The minimum atomic E-state index is -0.152. The van der Waals surface area contributed by atoms with E-state index >= 15 is 0 Å². The van der Waals surface area contributed by atoms with Crippen molar-refractivity contribution < 1.29 is 4.79 Å². The molecule has 0 spiro atoms. The lowest BCUT2D eigenvalue weighted by atomic mass is 10.2. The molecule has 0 aliphatic heterocycles. The van der Waals surface area contributed by atoms with Crippen LogP contribution in [-0.4, -0.2) is 15.9 Å². The number of nitrogen functional groups attached to an aromatic ring is 1. The second kappa shape index (κ2) is 5.01. The molecule has 0 radical (unpaired) electrons. The van der Waals surface area contributed by atoms with E-state index < -0.39 is 0 Å². The second-order valence-corrected chi connectivity index (χ2v) is 4.35. The molecule has 1 amide bonds. The number of nitrogens with zero attached hydrogens (tertiary/aromatic N) is 1. The van der Waals surface area contributed by atoms with E-state index in [0.717, 1.165) is 5.69 Å². The van der Waals surface area contributed by atoms with Crippen molar-refractivity contribution >= 4 is 27.5 Å². The average Bonchev–Trinajstić information content (AvgIpc) is 2.82. The fourth-order valence-electron chi connectivity index (χ4n) is 1.33. The third-order valence-electron chi connectivity index (χ3n) is 2.26. The van der Waals surface area contributed by atoms with Gasteiger partial charge in [-0.3, -0.25) is 4.79 Å². The number of hydrogen-bond acceptors (Lipinski definition) is 3. The van der Waals surface area contributed by atoms with Gasteiger partial charge in [-0.15, -0.1) is 0 Å². The van der Waals surface area contributed by atoms with Crippen molar-refractivity contribution in [2.75, 3.05) is 5.73 Å². The van der Waals surface area contributed by atoms with Crippen molar-refractivity contribution in [2.45, 2.75) is 6.54 Å². The van der Waals surface area contributed by atoms with E-state index in [1.807, 2.05) is 0 Å². The number of H-pyrrole nitrogens is 1. The van der Waals surface area contributed by atoms with Crippen molar-refractivity contribution in [1.29, 1.82) is 0 Å². The first kappa shape index (κ1) is 11.7. The number of carbonyl (C=O) groups is 1. The summed E-state index contributed by atoms with van der Waals surface area (Å²) in [5.41, 5.74) is 7.67. The van der Waals surface area contributed by atoms with Crippen LogP contribution in [0.5, 0.6) is 0 Å². The molecule has 0 aliphatic carbocycles. The number of rotatable bonds is 3. The standard InChI is InChI=1S/C11H11BrN4O/c12-9-3-7(1-2-10(9)13)11(17)15-5-8-4-14-6-16-8/h1-4,6H,5,13H2,(H,14,16)(H,15,17). The number of hydrogen-bond donors (Lipinski definition) is 3. The first-order chi connectivity index (χ1) is 8.16. The van der Waals surface area contributed by atoms with E-state index in [1.165, 1.54) is 0 Å². The van der Waals surface area contributed by atoms with Crippen molar-refractivity contribution in [3.63, 3.8) is 0 Å². The van der Waals surface area contributed by atoms with Crippen molar-refractivity contribution in [3.8, 4) is 0 Å². The summed E-state index contributed by atoms with van der Waals surface area (Å²) in [5, 5.41) is 2.78. The summed E-state index contributed by atoms with van der Waals surface area (Å²) in [6.07, 6.45) is 3.24. The van der Waals surface area contributed by atoms with Crippen LogP contribution in [0.25, 0.3) is 0 Å². The normalized spacial score (nSPS) is 10.2. The molecule has 1 aromatic heterocycles. The number of aromatic nitrogens is 2. The van der Waals surface area contributed by atoms with Crippen LogP contribution in [0.2, 0.25) is 0 Å². The summed E-state index contributed by atoms with van der Waals surface area (Å²) in [6.45, 7) is 0.417. The maximum atomic E-state index is 11.8. The highest BCUT2D eigenvalue weighted by molar-refractivity contribution is 9.10. The zero-order chi connectivity index (χ0) is 12.3. The fourth-order valence-corrected chi connectivity index (χ4v) is 1.71. The van der Waals surface area contributed by atoms with Crippen LogP contribution in [0.1, 0.15) is 16.1 Å². The van der Waals surface area contributed by atoms with Crippen LogP contribution >= 0.6 is 15.9 Å². The van der Waals surface area contributed by atoms with E-state index in [1.54, 1.807) is 30.7 Å².